The molecule has 0 rings (SSSR count). The van der Waals surface area contributed by atoms with E-state index >= 15 is 0 Å². The molecule has 0 spiro atoms. The van der Waals surface area contributed by atoms with E-state index < -0.39 is 24.4 Å². The van der Waals surface area contributed by atoms with Gasteiger partial charge in [-0.2, -0.15) is 0 Å². The lowest BCUT2D eigenvalue weighted by Crippen LogP contribution is -2.35. The number of carbonyl (C=O) groups is 2. The van der Waals surface area contributed by atoms with Crippen molar-refractivity contribution in [3.63, 3.8) is 0 Å². The Morgan fingerprint density at radius 3 is 2.40 bits per heavy atom. The topological polar surface area (TPSA) is 120 Å². The molecule has 2 atom stereocenters. The van der Waals surface area contributed by atoms with Crippen LogP contribution >= 0.6 is 0 Å². The molecule has 4 N–H and O–H groups in total. The number of nitrogens with two attached hydrogens (primary N) is 1. The summed E-state index contributed by atoms with van der Waals surface area (Å²) in [6, 6.07) is 0. The monoisotopic (exact) mass is 292 g/mol. The summed E-state index contributed by atoms with van der Waals surface area (Å²) in [6.07, 6.45) is -1.96. The van der Waals surface area contributed by atoms with Gasteiger partial charge in [-0.25, -0.2) is 4.79 Å². The van der Waals surface area contributed by atoms with E-state index in [1.165, 1.54) is 0 Å². The Hall–Kier alpha value is -1.38. The van der Waals surface area contributed by atoms with Crippen LogP contribution in [0, 0.1) is 0 Å². The Balaban J connectivity index is 4.04. The zero-order valence-corrected chi connectivity index (χ0v) is 12.1. The molecule has 0 aliphatic rings. The third kappa shape index (κ3) is 10.5. The summed E-state index contributed by atoms with van der Waals surface area (Å²) in [5, 5.41) is 11.3. The molecule has 0 aromatic heterocycles. The van der Waals surface area contributed by atoms with Gasteiger partial charge in [0.1, 0.15) is 6.61 Å². The predicted octanol–water partition coefficient (Wildman–Crippen LogP) is -0.263. The van der Waals surface area contributed by atoms with E-state index in [4.69, 9.17) is 25.1 Å². The maximum absolute atomic E-state index is 11.3. The lowest BCUT2D eigenvalue weighted by Gasteiger charge is -2.23. The highest BCUT2D eigenvalue weighted by Crippen LogP contribution is 2.05. The van der Waals surface area contributed by atoms with Crippen LogP contribution in [0.3, 0.4) is 0 Å². The molecule has 0 saturated carbocycles. The van der Waals surface area contributed by atoms with Crippen LogP contribution in [0.15, 0.2) is 0 Å². The molecule has 0 aliphatic carbocycles. The van der Waals surface area contributed by atoms with Crippen molar-refractivity contribution in [3.05, 3.63) is 0 Å². The van der Waals surface area contributed by atoms with E-state index in [1.807, 2.05) is 13.8 Å². The van der Waals surface area contributed by atoms with Crippen LogP contribution in [-0.2, 0) is 19.0 Å². The van der Waals surface area contributed by atoms with Crippen molar-refractivity contribution in [3.8, 4) is 0 Å². The molecule has 0 bridgehead atoms. The number of ether oxygens (including phenoxy) is 3. The van der Waals surface area contributed by atoms with Crippen molar-refractivity contribution in [1.82, 2.24) is 5.32 Å². The van der Waals surface area contributed by atoms with Crippen LogP contribution < -0.4 is 11.1 Å². The second-order valence-corrected chi connectivity index (χ2v) is 4.49. The Labute approximate surface area is 118 Å². The van der Waals surface area contributed by atoms with Gasteiger partial charge in [0.05, 0.1) is 18.8 Å². The molecule has 2 amide bonds. The number of aliphatic hydroxyl groups is 1. The van der Waals surface area contributed by atoms with Gasteiger partial charge in [-0.3, -0.25) is 4.79 Å². The number of carbonyl (C=O) groups excluding carboxylic acids is 2. The van der Waals surface area contributed by atoms with Gasteiger partial charge >= 0.3 is 6.09 Å². The van der Waals surface area contributed by atoms with Crippen LogP contribution in [0.5, 0.6) is 0 Å². The first-order valence-corrected chi connectivity index (χ1v) is 6.45. The largest absolute Gasteiger partial charge is 0.444 e. The number of primary amides is 1. The van der Waals surface area contributed by atoms with Crippen molar-refractivity contribution < 1.29 is 28.9 Å². The summed E-state index contributed by atoms with van der Waals surface area (Å²) in [5.74, 6) is -0.508. The minimum atomic E-state index is -0.765. The number of nitrogens with one attached hydrogen (secondary N) is 1. The predicted molar refractivity (Wildman–Crippen MR) is 70.8 cm³/mol. The van der Waals surface area contributed by atoms with Crippen molar-refractivity contribution >= 4 is 12.0 Å². The SMILES string of the molecule is CC(C)OC(COC(=O)NCCC(N)=O)OC(C)CO. The molecule has 0 radical (unpaired) electrons. The molecule has 118 valence electrons. The summed E-state index contributed by atoms with van der Waals surface area (Å²) in [5.41, 5.74) is 4.93. The van der Waals surface area contributed by atoms with Gasteiger partial charge < -0.3 is 30.4 Å². The number of amides is 2. The molecule has 0 saturated heterocycles. The molecular formula is C12H24N2O6. The summed E-state index contributed by atoms with van der Waals surface area (Å²) in [4.78, 5) is 21.8. The molecule has 0 aliphatic heterocycles. The molecule has 2 unspecified atom stereocenters. The maximum atomic E-state index is 11.3. The molecule has 20 heavy (non-hydrogen) atoms. The quantitative estimate of drug-likeness (QED) is 0.477. The minimum Gasteiger partial charge on any atom is -0.444 e. The van der Waals surface area contributed by atoms with Gasteiger partial charge in [0, 0.05) is 13.0 Å². The number of hydrogen-bond acceptors (Lipinski definition) is 6. The van der Waals surface area contributed by atoms with Gasteiger partial charge in [-0.15, -0.1) is 0 Å². The van der Waals surface area contributed by atoms with Crippen LogP contribution in [0.1, 0.15) is 27.2 Å². The molecule has 8 heteroatoms. The van der Waals surface area contributed by atoms with Crippen molar-refractivity contribution in [2.24, 2.45) is 5.73 Å². The Kier molecular flexibility index (Phi) is 9.69. The summed E-state index contributed by atoms with van der Waals surface area (Å²) < 4.78 is 15.7. The lowest BCUT2D eigenvalue weighted by atomic mass is 10.4. The van der Waals surface area contributed by atoms with Crippen LogP contribution in [0.4, 0.5) is 4.79 Å². The zero-order valence-electron chi connectivity index (χ0n) is 12.1. The maximum Gasteiger partial charge on any atom is 0.407 e. The molecule has 0 heterocycles. The summed E-state index contributed by atoms with van der Waals surface area (Å²) >= 11 is 0. The van der Waals surface area contributed by atoms with Crippen molar-refractivity contribution in [2.75, 3.05) is 19.8 Å². The number of hydrogen-bond donors (Lipinski definition) is 3. The Morgan fingerprint density at radius 2 is 1.90 bits per heavy atom. The van der Waals surface area contributed by atoms with E-state index in [1.54, 1.807) is 6.92 Å². The highest BCUT2D eigenvalue weighted by Gasteiger charge is 2.17. The molecule has 0 aromatic rings. The highest BCUT2D eigenvalue weighted by molar-refractivity contribution is 5.75. The standard InChI is InChI=1S/C12H24N2O6/c1-8(2)19-11(20-9(3)6-15)7-18-12(17)14-5-4-10(13)16/h8-9,11,15H,4-7H2,1-3H3,(H2,13,16)(H,14,17). The third-order valence-corrected chi connectivity index (χ3v) is 2.06. The van der Waals surface area contributed by atoms with Crippen LogP contribution in [-0.4, -0.2) is 55.4 Å². The second kappa shape index (κ2) is 10.4. The van der Waals surface area contributed by atoms with E-state index in [9.17, 15) is 9.59 Å². The average Bonchev–Trinajstić information content (AvgIpc) is 2.34. The van der Waals surface area contributed by atoms with Crippen molar-refractivity contribution in [2.45, 2.75) is 45.7 Å². The Morgan fingerprint density at radius 1 is 1.25 bits per heavy atom. The van der Waals surface area contributed by atoms with Gasteiger partial charge in [0.25, 0.3) is 0 Å². The molecule has 8 nitrogen and oxygen atoms in total. The van der Waals surface area contributed by atoms with Gasteiger partial charge in [0.15, 0.2) is 6.29 Å². The third-order valence-electron chi connectivity index (χ3n) is 2.06. The molecular weight excluding hydrogens is 268 g/mol. The summed E-state index contributed by atoms with van der Waals surface area (Å²) in [7, 11) is 0. The van der Waals surface area contributed by atoms with E-state index in [0.717, 1.165) is 0 Å². The lowest BCUT2D eigenvalue weighted by molar-refractivity contribution is -0.205. The first-order chi connectivity index (χ1) is 9.35. The first-order valence-electron chi connectivity index (χ1n) is 6.45. The van der Waals surface area contributed by atoms with Gasteiger partial charge in [-0.1, -0.05) is 0 Å². The fourth-order valence-electron chi connectivity index (χ4n) is 1.20. The van der Waals surface area contributed by atoms with Crippen molar-refractivity contribution in [1.29, 1.82) is 0 Å². The fourth-order valence-corrected chi connectivity index (χ4v) is 1.20. The second-order valence-electron chi connectivity index (χ2n) is 4.49. The van der Waals surface area contributed by atoms with Crippen LogP contribution in [0.2, 0.25) is 0 Å². The molecule has 0 aromatic carbocycles. The normalized spacial score (nSPS) is 13.8. The number of aliphatic hydroxyl groups excluding tert-OH is 1. The van der Waals surface area contributed by atoms with Gasteiger partial charge in [0.2, 0.25) is 5.91 Å². The smallest absolute Gasteiger partial charge is 0.407 e. The van der Waals surface area contributed by atoms with Gasteiger partial charge in [-0.05, 0) is 20.8 Å². The molecule has 0 fully saturated rings. The van der Waals surface area contributed by atoms with Crippen LogP contribution in [0.25, 0.3) is 0 Å². The summed E-state index contributed by atoms with van der Waals surface area (Å²) in [6.45, 7) is 5.12. The minimum absolute atomic E-state index is 0.0407. The fraction of sp³-hybridized carbons (Fsp3) is 0.833. The van der Waals surface area contributed by atoms with E-state index in [0.29, 0.717) is 0 Å². The zero-order chi connectivity index (χ0) is 15.5. The highest BCUT2D eigenvalue weighted by atomic mass is 16.7. The average molecular weight is 292 g/mol. The number of rotatable bonds is 10. The first kappa shape index (κ1) is 18.6. The van der Waals surface area contributed by atoms with E-state index in [2.05, 4.69) is 5.32 Å². The van der Waals surface area contributed by atoms with E-state index in [-0.39, 0.29) is 32.3 Å². The number of alkyl carbamates (subject to hydrolysis) is 1. The Bertz CT molecular complexity index is 298.